The summed E-state index contributed by atoms with van der Waals surface area (Å²) in [6.07, 6.45) is 0.721. The van der Waals surface area contributed by atoms with Crippen LogP contribution in [0.1, 0.15) is 31.4 Å². The van der Waals surface area contributed by atoms with E-state index in [0.29, 0.717) is 36.0 Å². The molecule has 0 heterocycles. The van der Waals surface area contributed by atoms with Crippen LogP contribution in [0.5, 0.6) is 23.0 Å². The maximum atomic E-state index is 13.2. The summed E-state index contributed by atoms with van der Waals surface area (Å²) in [5.74, 6) is 2.24. The van der Waals surface area contributed by atoms with Gasteiger partial charge in [-0.25, -0.2) is 0 Å². The molecule has 0 aromatic heterocycles. The van der Waals surface area contributed by atoms with Crippen LogP contribution in [0, 0.1) is 17.2 Å². The Labute approximate surface area is 196 Å². The van der Waals surface area contributed by atoms with Gasteiger partial charge in [0.2, 0.25) is 5.91 Å². The van der Waals surface area contributed by atoms with Gasteiger partial charge in [0.05, 0.1) is 39.9 Å². The summed E-state index contributed by atoms with van der Waals surface area (Å²) in [7, 11) is 8.07. The summed E-state index contributed by atoms with van der Waals surface area (Å²) in [5.41, 5.74) is 0.774. The highest BCUT2D eigenvalue weighted by Crippen LogP contribution is 2.40. The van der Waals surface area contributed by atoms with Gasteiger partial charge in [0.1, 0.15) is 0 Å². The third-order valence-electron chi connectivity index (χ3n) is 6.12. The van der Waals surface area contributed by atoms with Crippen LogP contribution in [0.15, 0.2) is 36.4 Å². The number of methoxy groups -OCH3 is 4. The number of carbonyl (C=O) groups excluding carboxylic acids is 1. The molecule has 7 heteroatoms. The number of hydrogen-bond acceptors (Lipinski definition) is 6. The fraction of sp³-hybridized carbons (Fsp3) is 0.462. The Morgan fingerprint density at radius 2 is 1.48 bits per heavy atom. The van der Waals surface area contributed by atoms with E-state index in [2.05, 4.69) is 6.07 Å². The van der Waals surface area contributed by atoms with E-state index in [1.165, 1.54) is 0 Å². The Balaban J connectivity index is 2.21. The summed E-state index contributed by atoms with van der Waals surface area (Å²) in [4.78, 5) is 14.9. The van der Waals surface area contributed by atoms with Crippen LogP contribution in [0.25, 0.3) is 0 Å². The van der Waals surface area contributed by atoms with Crippen molar-refractivity contribution in [2.75, 3.05) is 42.0 Å². The molecule has 0 aliphatic rings. The van der Waals surface area contributed by atoms with Crippen molar-refractivity contribution in [1.29, 1.82) is 5.26 Å². The Morgan fingerprint density at radius 1 is 0.939 bits per heavy atom. The van der Waals surface area contributed by atoms with E-state index < -0.39 is 5.41 Å². The molecule has 0 aliphatic heterocycles. The van der Waals surface area contributed by atoms with Gasteiger partial charge in [-0.15, -0.1) is 0 Å². The smallest absolute Gasteiger partial charge is 0.224 e. The molecule has 0 saturated carbocycles. The normalized spacial score (nSPS) is 12.5. The topological polar surface area (TPSA) is 81.0 Å². The van der Waals surface area contributed by atoms with Crippen LogP contribution in [0.4, 0.5) is 0 Å². The largest absolute Gasteiger partial charge is 0.493 e. The number of ether oxygens (including phenoxy) is 4. The summed E-state index contributed by atoms with van der Waals surface area (Å²) in [5, 5.41) is 10.2. The molecule has 1 atom stereocenters. The number of nitriles is 1. The molecule has 2 aromatic carbocycles. The lowest BCUT2D eigenvalue weighted by Gasteiger charge is -2.33. The molecule has 0 saturated heterocycles. The van der Waals surface area contributed by atoms with Gasteiger partial charge in [0, 0.05) is 20.0 Å². The minimum Gasteiger partial charge on any atom is -0.493 e. The van der Waals surface area contributed by atoms with E-state index in [9.17, 15) is 10.1 Å². The standard InChI is InChI=1S/C26H34N2O5/c1-18(2)26(17-27,20-9-11-22(31-5)24(15-20)33-7)16-25(29)28(3)13-12-19-8-10-21(30-4)23(14-19)32-6/h8-11,14-15,18H,12-13,16H2,1-7H3. The molecule has 7 nitrogen and oxygen atoms in total. The number of carbonyl (C=O) groups is 1. The number of hydrogen-bond donors (Lipinski definition) is 0. The predicted molar refractivity (Wildman–Crippen MR) is 127 cm³/mol. The highest BCUT2D eigenvalue weighted by Gasteiger charge is 2.39. The Hall–Kier alpha value is -3.40. The summed E-state index contributed by atoms with van der Waals surface area (Å²) >= 11 is 0. The Bertz CT molecular complexity index is 999. The highest BCUT2D eigenvalue weighted by molar-refractivity contribution is 5.78. The van der Waals surface area contributed by atoms with Gasteiger partial charge < -0.3 is 23.8 Å². The number of rotatable bonds is 11. The van der Waals surface area contributed by atoms with Crippen molar-refractivity contribution in [1.82, 2.24) is 4.90 Å². The van der Waals surface area contributed by atoms with Crippen molar-refractivity contribution >= 4 is 5.91 Å². The first-order chi connectivity index (χ1) is 15.8. The SMILES string of the molecule is COc1ccc(CCN(C)C(=O)CC(C#N)(c2ccc(OC)c(OC)c2)C(C)C)cc1OC. The minimum absolute atomic E-state index is 0.0685. The fourth-order valence-corrected chi connectivity index (χ4v) is 3.82. The molecule has 1 amide bonds. The second-order valence-electron chi connectivity index (χ2n) is 8.24. The van der Waals surface area contributed by atoms with Gasteiger partial charge in [0.15, 0.2) is 23.0 Å². The van der Waals surface area contributed by atoms with Crippen molar-refractivity contribution in [3.8, 4) is 29.1 Å². The van der Waals surface area contributed by atoms with Crippen molar-refractivity contribution in [3.63, 3.8) is 0 Å². The van der Waals surface area contributed by atoms with E-state index in [4.69, 9.17) is 18.9 Å². The Kier molecular flexibility index (Phi) is 8.98. The van der Waals surface area contributed by atoms with Crippen molar-refractivity contribution in [3.05, 3.63) is 47.5 Å². The molecular weight excluding hydrogens is 420 g/mol. The summed E-state index contributed by atoms with van der Waals surface area (Å²) < 4.78 is 21.4. The molecule has 33 heavy (non-hydrogen) atoms. The van der Waals surface area contributed by atoms with E-state index in [-0.39, 0.29) is 18.2 Å². The lowest BCUT2D eigenvalue weighted by Crippen LogP contribution is -2.39. The van der Waals surface area contributed by atoms with Crippen LogP contribution in [-0.2, 0) is 16.6 Å². The van der Waals surface area contributed by atoms with E-state index in [1.54, 1.807) is 52.5 Å². The maximum absolute atomic E-state index is 13.2. The monoisotopic (exact) mass is 454 g/mol. The number of nitrogens with zero attached hydrogens (tertiary/aromatic N) is 2. The first-order valence-corrected chi connectivity index (χ1v) is 10.8. The summed E-state index contributed by atoms with van der Waals surface area (Å²) in [6.45, 7) is 4.42. The maximum Gasteiger partial charge on any atom is 0.224 e. The summed E-state index contributed by atoms with van der Waals surface area (Å²) in [6, 6.07) is 13.6. The Morgan fingerprint density at radius 3 is 2.00 bits per heavy atom. The molecule has 0 aliphatic carbocycles. The molecule has 1 unspecified atom stereocenters. The number of amides is 1. The van der Waals surface area contributed by atoms with Crippen LogP contribution in [0.3, 0.4) is 0 Å². The van der Waals surface area contributed by atoms with E-state index in [0.717, 1.165) is 11.1 Å². The predicted octanol–water partition coefficient (Wildman–Crippen LogP) is 4.23. The average Bonchev–Trinajstić information content (AvgIpc) is 2.84. The van der Waals surface area contributed by atoms with Crippen LogP contribution >= 0.6 is 0 Å². The van der Waals surface area contributed by atoms with Crippen molar-refractivity contribution in [2.24, 2.45) is 5.92 Å². The first kappa shape index (κ1) is 25.9. The van der Waals surface area contributed by atoms with Crippen LogP contribution in [0.2, 0.25) is 0 Å². The van der Waals surface area contributed by atoms with Crippen molar-refractivity contribution < 1.29 is 23.7 Å². The molecule has 0 N–H and O–H groups in total. The minimum atomic E-state index is -0.992. The second kappa shape index (κ2) is 11.5. The molecule has 2 aromatic rings. The van der Waals surface area contributed by atoms with Crippen LogP contribution < -0.4 is 18.9 Å². The zero-order chi connectivity index (χ0) is 24.6. The van der Waals surface area contributed by atoms with Gasteiger partial charge in [-0.1, -0.05) is 26.0 Å². The van der Waals surface area contributed by atoms with Gasteiger partial charge >= 0.3 is 0 Å². The molecule has 0 bridgehead atoms. The number of benzene rings is 2. The van der Waals surface area contributed by atoms with Gasteiger partial charge in [-0.2, -0.15) is 5.26 Å². The molecule has 0 spiro atoms. The van der Waals surface area contributed by atoms with Crippen molar-refractivity contribution in [2.45, 2.75) is 32.1 Å². The molecule has 0 fully saturated rings. The average molecular weight is 455 g/mol. The van der Waals surface area contributed by atoms with Crippen LogP contribution in [-0.4, -0.2) is 52.8 Å². The lowest BCUT2D eigenvalue weighted by atomic mass is 9.70. The quantitative estimate of drug-likeness (QED) is 0.505. The van der Waals surface area contributed by atoms with E-state index in [1.807, 2.05) is 38.1 Å². The highest BCUT2D eigenvalue weighted by atomic mass is 16.5. The van der Waals surface area contributed by atoms with Gasteiger partial charge in [0.25, 0.3) is 0 Å². The zero-order valence-corrected chi connectivity index (χ0v) is 20.6. The second-order valence-corrected chi connectivity index (χ2v) is 8.24. The third kappa shape index (κ3) is 5.70. The molecular formula is C26H34N2O5. The zero-order valence-electron chi connectivity index (χ0n) is 20.6. The lowest BCUT2D eigenvalue weighted by molar-refractivity contribution is -0.131. The van der Waals surface area contributed by atoms with E-state index >= 15 is 0 Å². The molecule has 2 rings (SSSR count). The van der Waals surface area contributed by atoms with Gasteiger partial charge in [-0.05, 0) is 47.7 Å². The molecule has 0 radical (unpaired) electrons. The third-order valence-corrected chi connectivity index (χ3v) is 6.12. The number of likely N-dealkylation sites (N-methyl/N-ethyl adjacent to an activating group) is 1. The fourth-order valence-electron chi connectivity index (χ4n) is 3.82. The molecule has 178 valence electrons. The first-order valence-electron chi connectivity index (χ1n) is 10.8. The van der Waals surface area contributed by atoms with Gasteiger partial charge in [-0.3, -0.25) is 4.79 Å².